The highest BCUT2D eigenvalue weighted by atomic mass is 16.2. The van der Waals surface area contributed by atoms with E-state index in [2.05, 4.69) is 49.9 Å². The van der Waals surface area contributed by atoms with Crippen molar-refractivity contribution in [3.63, 3.8) is 0 Å². The van der Waals surface area contributed by atoms with Crippen molar-refractivity contribution in [3.05, 3.63) is 66.0 Å². The molecule has 2 N–H and O–H groups in total. The van der Waals surface area contributed by atoms with Gasteiger partial charge in [0.1, 0.15) is 0 Å². The number of anilines is 5. The summed E-state index contributed by atoms with van der Waals surface area (Å²) in [6, 6.07) is 14.3. The molecule has 0 fully saturated rings. The number of carbonyl (C=O) groups excluding carboxylic acids is 1. The number of aromatic nitrogens is 4. The predicted molar refractivity (Wildman–Crippen MR) is 124 cm³/mol. The van der Waals surface area contributed by atoms with Crippen molar-refractivity contribution < 1.29 is 4.79 Å². The molecule has 0 saturated heterocycles. The molecule has 0 unspecified atom stereocenters. The molecule has 1 amide bonds. The SMILES string of the molecule is CC1(C)C(=O)Nc2cc(Nc3nc4c(N5CCCc6ccccc65)nccn4n3)ccc21. The Bertz CT molecular complexity index is 1370. The summed E-state index contributed by atoms with van der Waals surface area (Å²) >= 11 is 0. The maximum Gasteiger partial charge on any atom is 0.247 e. The van der Waals surface area contributed by atoms with Gasteiger partial charge in [-0.15, -0.1) is 5.10 Å². The molecule has 8 nitrogen and oxygen atoms in total. The van der Waals surface area contributed by atoms with E-state index in [1.54, 1.807) is 16.9 Å². The number of nitrogens with one attached hydrogen (secondary N) is 2. The van der Waals surface area contributed by atoms with Gasteiger partial charge in [-0.25, -0.2) is 9.50 Å². The summed E-state index contributed by atoms with van der Waals surface area (Å²) in [5.74, 6) is 1.28. The van der Waals surface area contributed by atoms with Crippen LogP contribution in [-0.4, -0.2) is 32.0 Å². The third-order valence-corrected chi connectivity index (χ3v) is 6.37. The van der Waals surface area contributed by atoms with E-state index >= 15 is 0 Å². The normalized spacial score (nSPS) is 16.6. The highest BCUT2D eigenvalue weighted by molar-refractivity contribution is 6.06. The molecule has 4 aromatic rings. The number of aryl methyl sites for hydroxylation is 1. The van der Waals surface area contributed by atoms with Crippen LogP contribution in [0.25, 0.3) is 5.65 Å². The van der Waals surface area contributed by atoms with E-state index in [9.17, 15) is 4.79 Å². The number of benzene rings is 2. The van der Waals surface area contributed by atoms with E-state index in [4.69, 9.17) is 4.98 Å². The third kappa shape index (κ3) is 2.83. The van der Waals surface area contributed by atoms with Gasteiger partial charge >= 0.3 is 0 Å². The molecule has 32 heavy (non-hydrogen) atoms. The summed E-state index contributed by atoms with van der Waals surface area (Å²) in [6.45, 7) is 4.75. The second-order valence-electron chi connectivity index (χ2n) is 8.80. The minimum absolute atomic E-state index is 0.00744. The van der Waals surface area contributed by atoms with Crippen molar-refractivity contribution in [2.75, 3.05) is 22.1 Å². The second kappa shape index (κ2) is 6.78. The van der Waals surface area contributed by atoms with Gasteiger partial charge < -0.3 is 15.5 Å². The lowest BCUT2D eigenvalue weighted by molar-refractivity contribution is -0.119. The van der Waals surface area contributed by atoms with Gasteiger partial charge in [0, 0.05) is 36.0 Å². The number of rotatable bonds is 3. The largest absolute Gasteiger partial charge is 0.325 e. The van der Waals surface area contributed by atoms with Crippen LogP contribution in [0.15, 0.2) is 54.9 Å². The minimum Gasteiger partial charge on any atom is -0.325 e. The molecule has 0 saturated carbocycles. The molecule has 0 radical (unpaired) electrons. The quantitative estimate of drug-likeness (QED) is 0.512. The molecular weight excluding hydrogens is 402 g/mol. The first-order chi connectivity index (χ1) is 15.5. The van der Waals surface area contributed by atoms with E-state index in [0.717, 1.165) is 42.1 Å². The number of hydrogen-bond donors (Lipinski definition) is 2. The van der Waals surface area contributed by atoms with Gasteiger partial charge in [-0.05, 0) is 56.0 Å². The molecular formula is C24H23N7O. The smallest absolute Gasteiger partial charge is 0.247 e. The molecule has 6 rings (SSSR count). The fourth-order valence-electron chi connectivity index (χ4n) is 4.60. The fourth-order valence-corrected chi connectivity index (χ4v) is 4.60. The van der Waals surface area contributed by atoms with Crippen molar-refractivity contribution in [1.29, 1.82) is 0 Å². The maximum atomic E-state index is 12.2. The highest BCUT2D eigenvalue weighted by Gasteiger charge is 2.38. The van der Waals surface area contributed by atoms with Gasteiger partial charge in [0.2, 0.25) is 17.5 Å². The molecule has 0 atom stereocenters. The molecule has 0 bridgehead atoms. The molecule has 0 spiro atoms. The van der Waals surface area contributed by atoms with Gasteiger partial charge in [0.25, 0.3) is 0 Å². The van der Waals surface area contributed by atoms with Crippen LogP contribution >= 0.6 is 0 Å². The average Bonchev–Trinajstić information content (AvgIpc) is 3.30. The van der Waals surface area contributed by atoms with E-state index in [-0.39, 0.29) is 5.91 Å². The lowest BCUT2D eigenvalue weighted by Gasteiger charge is -2.30. The van der Waals surface area contributed by atoms with Crippen molar-refractivity contribution >= 4 is 40.4 Å². The summed E-state index contributed by atoms with van der Waals surface area (Å²) in [4.78, 5) is 23.9. The Labute approximate surface area is 185 Å². The van der Waals surface area contributed by atoms with Crippen LogP contribution in [0, 0.1) is 0 Å². The molecule has 2 aromatic heterocycles. The zero-order valence-corrected chi connectivity index (χ0v) is 18.0. The van der Waals surface area contributed by atoms with Gasteiger partial charge in [0.15, 0.2) is 5.82 Å². The summed E-state index contributed by atoms with van der Waals surface area (Å²) in [5.41, 5.74) is 5.29. The zero-order chi connectivity index (χ0) is 21.9. The van der Waals surface area contributed by atoms with Gasteiger partial charge in [-0.3, -0.25) is 4.79 Å². The van der Waals surface area contributed by atoms with Crippen molar-refractivity contribution in [2.45, 2.75) is 32.1 Å². The highest BCUT2D eigenvalue weighted by Crippen LogP contribution is 2.39. The summed E-state index contributed by atoms with van der Waals surface area (Å²) < 4.78 is 1.75. The van der Waals surface area contributed by atoms with Gasteiger partial charge in [-0.2, -0.15) is 4.98 Å². The third-order valence-electron chi connectivity index (χ3n) is 6.37. The van der Waals surface area contributed by atoms with Crippen LogP contribution in [-0.2, 0) is 16.6 Å². The van der Waals surface area contributed by atoms with E-state index in [1.807, 2.05) is 32.0 Å². The van der Waals surface area contributed by atoms with Crippen molar-refractivity contribution in [1.82, 2.24) is 19.6 Å². The van der Waals surface area contributed by atoms with Crippen LogP contribution in [0.4, 0.5) is 28.8 Å². The fraction of sp³-hybridized carbons (Fsp3) is 0.250. The van der Waals surface area contributed by atoms with E-state index < -0.39 is 5.41 Å². The Hall–Kier alpha value is -3.94. The average molecular weight is 425 g/mol. The molecule has 2 aliphatic heterocycles. The lowest BCUT2D eigenvalue weighted by Crippen LogP contribution is -2.26. The molecule has 4 heterocycles. The van der Waals surface area contributed by atoms with Crippen molar-refractivity contribution in [2.24, 2.45) is 0 Å². The first kappa shape index (κ1) is 18.8. The number of amides is 1. The number of para-hydroxylation sites is 1. The van der Waals surface area contributed by atoms with Crippen LogP contribution in [0.2, 0.25) is 0 Å². The monoisotopic (exact) mass is 425 g/mol. The predicted octanol–water partition coefficient (Wildman–Crippen LogP) is 4.18. The Kier molecular flexibility index (Phi) is 3.98. The second-order valence-corrected chi connectivity index (χ2v) is 8.80. The van der Waals surface area contributed by atoms with Gasteiger partial charge in [-0.1, -0.05) is 24.3 Å². The Balaban J connectivity index is 1.35. The topological polar surface area (TPSA) is 87.5 Å². The Morgan fingerprint density at radius 1 is 1.16 bits per heavy atom. The van der Waals surface area contributed by atoms with E-state index in [0.29, 0.717) is 11.6 Å². The molecule has 0 aliphatic carbocycles. The standard InChI is InChI=1S/C24H23N7O/c1-24(2)17-10-9-16(14-18(17)27-22(24)32)26-23-28-21-20(25-11-13-31(21)29-23)30-12-5-7-15-6-3-4-8-19(15)30/h3-4,6,8-11,13-14H,5,7,12H2,1-2H3,(H,26,29)(H,27,32). The minimum atomic E-state index is -0.527. The van der Waals surface area contributed by atoms with E-state index in [1.165, 1.54) is 11.3 Å². The maximum absolute atomic E-state index is 12.2. The number of hydrogen-bond acceptors (Lipinski definition) is 6. The molecule has 160 valence electrons. The number of carbonyl (C=O) groups is 1. The Morgan fingerprint density at radius 2 is 2.03 bits per heavy atom. The Morgan fingerprint density at radius 3 is 2.94 bits per heavy atom. The number of fused-ring (bicyclic) bond motifs is 3. The summed E-state index contributed by atoms with van der Waals surface area (Å²) in [6.07, 6.45) is 5.69. The van der Waals surface area contributed by atoms with Crippen LogP contribution in [0.1, 0.15) is 31.4 Å². The molecule has 2 aromatic carbocycles. The number of nitrogens with zero attached hydrogens (tertiary/aromatic N) is 5. The van der Waals surface area contributed by atoms with Crippen LogP contribution in [0.3, 0.4) is 0 Å². The summed E-state index contributed by atoms with van der Waals surface area (Å²) in [7, 11) is 0. The first-order valence-corrected chi connectivity index (χ1v) is 10.8. The van der Waals surface area contributed by atoms with Crippen LogP contribution < -0.4 is 15.5 Å². The van der Waals surface area contributed by atoms with Crippen molar-refractivity contribution in [3.8, 4) is 0 Å². The summed E-state index contributed by atoms with van der Waals surface area (Å²) in [5, 5.41) is 10.8. The lowest BCUT2D eigenvalue weighted by atomic mass is 9.86. The molecule has 8 heteroatoms. The van der Waals surface area contributed by atoms with Gasteiger partial charge in [0.05, 0.1) is 5.41 Å². The zero-order valence-electron chi connectivity index (χ0n) is 18.0. The molecule has 2 aliphatic rings. The first-order valence-electron chi connectivity index (χ1n) is 10.8. The van der Waals surface area contributed by atoms with Crippen LogP contribution in [0.5, 0.6) is 0 Å².